The normalized spacial score (nSPS) is 14.3. The first-order valence-electron chi connectivity index (χ1n) is 4.19. The molecule has 0 atom stereocenters. The summed E-state index contributed by atoms with van der Waals surface area (Å²) in [6, 6.07) is 0. The molecule has 2 N–H and O–H groups in total. The van der Waals surface area contributed by atoms with E-state index in [0.717, 1.165) is 0 Å². The standard InChI is InChI=1S/C7H13F3NO3P/c1-3-13-15(12,14-4-2)5-6(11)7(8,9)10/h5H,3-4,11H2,1-2H3/b6-5-. The van der Waals surface area contributed by atoms with Crippen LogP contribution in [-0.2, 0) is 13.6 Å². The molecule has 0 aliphatic carbocycles. The third-order valence-corrected chi connectivity index (χ3v) is 3.07. The Morgan fingerprint density at radius 3 is 2.00 bits per heavy atom. The molecule has 4 nitrogen and oxygen atoms in total. The van der Waals surface area contributed by atoms with Crippen molar-refractivity contribution in [2.45, 2.75) is 20.0 Å². The highest BCUT2D eigenvalue weighted by Gasteiger charge is 2.35. The molecule has 0 amide bonds. The molecule has 0 fully saturated rings. The zero-order valence-corrected chi connectivity index (χ0v) is 9.27. The second-order valence-corrected chi connectivity index (χ2v) is 4.31. The van der Waals surface area contributed by atoms with Gasteiger partial charge in [-0.2, -0.15) is 13.2 Å². The lowest BCUT2D eigenvalue weighted by molar-refractivity contribution is -0.0926. The highest BCUT2D eigenvalue weighted by Crippen LogP contribution is 2.51. The fourth-order valence-corrected chi connectivity index (χ4v) is 2.15. The largest absolute Gasteiger partial charge is 0.431 e. The molecule has 0 rings (SSSR count). The lowest BCUT2D eigenvalue weighted by Crippen LogP contribution is -2.19. The first kappa shape index (κ1) is 14.5. The highest BCUT2D eigenvalue weighted by molar-refractivity contribution is 7.57. The molecule has 0 unspecified atom stereocenters. The Labute approximate surface area is 85.8 Å². The molecule has 0 radical (unpaired) electrons. The van der Waals surface area contributed by atoms with Crippen LogP contribution in [0, 0.1) is 0 Å². The average molecular weight is 247 g/mol. The number of nitrogens with two attached hydrogens (primary N) is 1. The maximum Gasteiger partial charge on any atom is 0.431 e. The molecule has 15 heavy (non-hydrogen) atoms. The van der Waals surface area contributed by atoms with Crippen molar-refractivity contribution in [3.8, 4) is 0 Å². The van der Waals surface area contributed by atoms with E-state index in [1.54, 1.807) is 0 Å². The van der Waals surface area contributed by atoms with Crippen molar-refractivity contribution in [2.75, 3.05) is 13.2 Å². The van der Waals surface area contributed by atoms with E-state index in [1.807, 2.05) is 0 Å². The molecule has 0 aromatic heterocycles. The van der Waals surface area contributed by atoms with E-state index in [2.05, 4.69) is 9.05 Å². The Hall–Kier alpha value is -0.520. The van der Waals surface area contributed by atoms with Crippen LogP contribution in [0.3, 0.4) is 0 Å². The van der Waals surface area contributed by atoms with Crippen LogP contribution in [0.15, 0.2) is 11.5 Å². The number of hydrogen-bond donors (Lipinski definition) is 1. The Kier molecular flexibility index (Phi) is 5.34. The van der Waals surface area contributed by atoms with E-state index < -0.39 is 19.5 Å². The number of hydrogen-bond acceptors (Lipinski definition) is 4. The first-order valence-corrected chi connectivity index (χ1v) is 5.80. The van der Waals surface area contributed by atoms with Crippen molar-refractivity contribution in [3.05, 3.63) is 11.5 Å². The van der Waals surface area contributed by atoms with Crippen LogP contribution in [0.2, 0.25) is 0 Å². The molecule has 0 aliphatic heterocycles. The highest BCUT2D eigenvalue weighted by atomic mass is 31.2. The Bertz CT molecular complexity index is 267. The van der Waals surface area contributed by atoms with Crippen molar-refractivity contribution in [2.24, 2.45) is 5.73 Å². The predicted octanol–water partition coefficient (Wildman–Crippen LogP) is 2.61. The number of allylic oxidation sites excluding steroid dienone is 1. The van der Waals surface area contributed by atoms with Crippen molar-refractivity contribution in [3.63, 3.8) is 0 Å². The second-order valence-electron chi connectivity index (χ2n) is 2.46. The van der Waals surface area contributed by atoms with Crippen LogP contribution in [-0.4, -0.2) is 19.4 Å². The summed E-state index contributed by atoms with van der Waals surface area (Å²) in [6.45, 7) is 2.92. The average Bonchev–Trinajstić information content (AvgIpc) is 2.02. The molecule has 90 valence electrons. The van der Waals surface area contributed by atoms with Crippen molar-refractivity contribution < 1.29 is 26.8 Å². The third-order valence-electron chi connectivity index (χ3n) is 1.24. The van der Waals surface area contributed by atoms with Crippen LogP contribution in [0.1, 0.15) is 13.8 Å². The van der Waals surface area contributed by atoms with Gasteiger partial charge in [0.05, 0.1) is 19.0 Å². The third kappa shape index (κ3) is 5.20. The van der Waals surface area contributed by atoms with Crippen molar-refractivity contribution >= 4 is 7.60 Å². The van der Waals surface area contributed by atoms with Crippen LogP contribution in [0.4, 0.5) is 13.2 Å². The van der Waals surface area contributed by atoms with E-state index in [1.165, 1.54) is 13.8 Å². The van der Waals surface area contributed by atoms with Gasteiger partial charge in [-0.15, -0.1) is 0 Å². The summed E-state index contributed by atoms with van der Waals surface area (Å²) < 4.78 is 56.9. The Balaban J connectivity index is 4.89. The molecule has 0 aromatic rings. The van der Waals surface area contributed by atoms with Crippen molar-refractivity contribution in [1.29, 1.82) is 0 Å². The molecule has 0 spiro atoms. The lowest BCUT2D eigenvalue weighted by atomic mass is 10.5. The quantitative estimate of drug-likeness (QED) is 0.758. The smallest absolute Gasteiger partial charge is 0.394 e. The van der Waals surface area contributed by atoms with Gasteiger partial charge < -0.3 is 14.8 Å². The van der Waals surface area contributed by atoms with E-state index in [-0.39, 0.29) is 13.2 Å². The summed E-state index contributed by atoms with van der Waals surface area (Å²) in [5, 5.41) is 0. The Morgan fingerprint density at radius 1 is 1.33 bits per heavy atom. The van der Waals surface area contributed by atoms with Gasteiger partial charge >= 0.3 is 13.8 Å². The molecule has 0 saturated heterocycles. The van der Waals surface area contributed by atoms with Gasteiger partial charge in [0.25, 0.3) is 0 Å². The van der Waals surface area contributed by atoms with E-state index >= 15 is 0 Å². The van der Waals surface area contributed by atoms with Crippen LogP contribution in [0.25, 0.3) is 0 Å². The van der Waals surface area contributed by atoms with Gasteiger partial charge in [-0.25, -0.2) is 0 Å². The molecule has 0 saturated carbocycles. The van der Waals surface area contributed by atoms with Gasteiger partial charge in [0.2, 0.25) is 0 Å². The molecular weight excluding hydrogens is 234 g/mol. The fraction of sp³-hybridized carbons (Fsp3) is 0.714. The molecular formula is C7H13F3NO3P. The molecule has 0 aromatic carbocycles. The van der Waals surface area contributed by atoms with E-state index in [4.69, 9.17) is 5.73 Å². The molecule has 0 aliphatic rings. The fourth-order valence-electron chi connectivity index (χ4n) is 0.715. The van der Waals surface area contributed by atoms with Crippen molar-refractivity contribution in [1.82, 2.24) is 0 Å². The van der Waals surface area contributed by atoms with Gasteiger partial charge in [-0.05, 0) is 13.8 Å². The summed E-state index contributed by atoms with van der Waals surface area (Å²) >= 11 is 0. The lowest BCUT2D eigenvalue weighted by Gasteiger charge is -2.14. The minimum Gasteiger partial charge on any atom is -0.394 e. The first-order chi connectivity index (χ1) is 6.75. The van der Waals surface area contributed by atoms with Crippen LogP contribution in [0.5, 0.6) is 0 Å². The number of rotatable bonds is 5. The molecule has 0 bridgehead atoms. The van der Waals surface area contributed by atoms with Gasteiger partial charge in [0, 0.05) is 0 Å². The number of halogens is 3. The zero-order valence-electron chi connectivity index (χ0n) is 8.37. The van der Waals surface area contributed by atoms with E-state index in [0.29, 0.717) is 5.82 Å². The summed E-state index contributed by atoms with van der Waals surface area (Å²) in [7, 11) is -3.88. The number of alkyl halides is 3. The molecule has 0 heterocycles. The van der Waals surface area contributed by atoms with Gasteiger partial charge in [0.15, 0.2) is 0 Å². The van der Waals surface area contributed by atoms with Crippen LogP contribution >= 0.6 is 7.60 Å². The maximum absolute atomic E-state index is 12.0. The topological polar surface area (TPSA) is 61.5 Å². The van der Waals surface area contributed by atoms with E-state index in [9.17, 15) is 17.7 Å². The zero-order chi connectivity index (χ0) is 12.1. The monoisotopic (exact) mass is 247 g/mol. The minimum atomic E-state index is -4.73. The summed E-state index contributed by atoms with van der Waals surface area (Å²) in [5.74, 6) is 0.292. The SMILES string of the molecule is CCOP(=O)(/C=C(\N)C(F)(F)F)OCC. The predicted molar refractivity (Wildman–Crippen MR) is 49.2 cm³/mol. The maximum atomic E-state index is 12.0. The van der Waals surface area contributed by atoms with Gasteiger partial charge in [0.1, 0.15) is 5.70 Å². The van der Waals surface area contributed by atoms with Gasteiger partial charge in [-0.1, -0.05) is 0 Å². The van der Waals surface area contributed by atoms with Crippen LogP contribution < -0.4 is 5.73 Å². The summed E-state index contributed by atoms with van der Waals surface area (Å²) in [4.78, 5) is 0. The Morgan fingerprint density at radius 2 is 1.73 bits per heavy atom. The minimum absolute atomic E-state index is 0.0289. The van der Waals surface area contributed by atoms with Gasteiger partial charge in [-0.3, -0.25) is 4.57 Å². The summed E-state index contributed by atoms with van der Waals surface area (Å²) in [5.41, 5.74) is 3.22. The molecule has 8 heteroatoms. The second kappa shape index (κ2) is 5.53. The summed E-state index contributed by atoms with van der Waals surface area (Å²) in [6.07, 6.45) is -4.73.